The molecule has 0 spiro atoms. The van der Waals surface area contributed by atoms with E-state index in [1.54, 1.807) is 11.3 Å². The summed E-state index contributed by atoms with van der Waals surface area (Å²) in [5.41, 5.74) is 0. The highest BCUT2D eigenvalue weighted by Crippen LogP contribution is 2.29. The topological polar surface area (TPSA) is 49.3 Å². The van der Waals surface area contributed by atoms with Gasteiger partial charge in [0.15, 0.2) is 0 Å². The van der Waals surface area contributed by atoms with Gasteiger partial charge in [0.2, 0.25) is 11.0 Å². The SMILES string of the molecule is CC(C)c1nnc(N2CCCN(C(=O)C3CCC3)CC2)s1. The fraction of sp³-hybridized carbons (Fsp3) is 0.800. The summed E-state index contributed by atoms with van der Waals surface area (Å²) < 4.78 is 0. The quantitative estimate of drug-likeness (QED) is 0.861. The van der Waals surface area contributed by atoms with E-state index in [9.17, 15) is 4.79 Å². The molecule has 1 saturated heterocycles. The number of amides is 1. The van der Waals surface area contributed by atoms with Crippen molar-refractivity contribution in [3.63, 3.8) is 0 Å². The zero-order valence-corrected chi connectivity index (χ0v) is 13.7. The van der Waals surface area contributed by atoms with Gasteiger partial charge in [0.1, 0.15) is 5.01 Å². The summed E-state index contributed by atoms with van der Waals surface area (Å²) in [6.07, 6.45) is 4.43. The lowest BCUT2D eigenvalue weighted by Gasteiger charge is -2.30. The third kappa shape index (κ3) is 3.20. The molecule has 0 aromatic carbocycles. The summed E-state index contributed by atoms with van der Waals surface area (Å²) in [5.74, 6) is 1.12. The summed E-state index contributed by atoms with van der Waals surface area (Å²) in [4.78, 5) is 16.7. The number of aromatic nitrogens is 2. The van der Waals surface area contributed by atoms with Crippen LogP contribution in [0.3, 0.4) is 0 Å². The highest BCUT2D eigenvalue weighted by atomic mass is 32.1. The fourth-order valence-corrected chi connectivity index (χ4v) is 3.73. The molecule has 0 bridgehead atoms. The minimum Gasteiger partial charge on any atom is -0.345 e. The van der Waals surface area contributed by atoms with Crippen molar-refractivity contribution >= 4 is 22.4 Å². The molecular formula is C15H24N4OS. The molecule has 1 aliphatic carbocycles. The molecule has 1 saturated carbocycles. The van der Waals surface area contributed by atoms with Crippen molar-refractivity contribution in [3.8, 4) is 0 Å². The van der Waals surface area contributed by atoms with E-state index in [1.165, 1.54) is 6.42 Å². The van der Waals surface area contributed by atoms with Gasteiger partial charge < -0.3 is 9.80 Å². The minimum atomic E-state index is 0.311. The van der Waals surface area contributed by atoms with Gasteiger partial charge in [-0.2, -0.15) is 0 Å². The van der Waals surface area contributed by atoms with E-state index < -0.39 is 0 Å². The molecule has 0 unspecified atom stereocenters. The number of anilines is 1. The van der Waals surface area contributed by atoms with Crippen molar-refractivity contribution in [1.82, 2.24) is 15.1 Å². The lowest BCUT2D eigenvalue weighted by molar-refractivity contribution is -0.137. The monoisotopic (exact) mass is 308 g/mol. The molecule has 2 fully saturated rings. The molecule has 116 valence electrons. The lowest BCUT2D eigenvalue weighted by Crippen LogP contribution is -2.41. The third-order valence-corrected chi connectivity index (χ3v) is 5.74. The second kappa shape index (κ2) is 6.30. The maximum Gasteiger partial charge on any atom is 0.225 e. The average molecular weight is 308 g/mol. The molecule has 0 atom stereocenters. The summed E-state index contributed by atoms with van der Waals surface area (Å²) in [5, 5.41) is 10.7. The molecule has 2 heterocycles. The number of carbonyl (C=O) groups excluding carboxylic acids is 1. The van der Waals surface area contributed by atoms with E-state index in [-0.39, 0.29) is 0 Å². The normalized spacial score (nSPS) is 20.5. The van der Waals surface area contributed by atoms with E-state index in [4.69, 9.17) is 0 Å². The van der Waals surface area contributed by atoms with Crippen LogP contribution < -0.4 is 4.90 Å². The Balaban J connectivity index is 1.60. The van der Waals surface area contributed by atoms with Crippen molar-refractivity contribution in [2.45, 2.75) is 45.4 Å². The van der Waals surface area contributed by atoms with Gasteiger partial charge in [-0.05, 0) is 19.3 Å². The van der Waals surface area contributed by atoms with Gasteiger partial charge in [-0.15, -0.1) is 10.2 Å². The Labute approximate surface area is 130 Å². The molecule has 0 N–H and O–H groups in total. The molecule has 3 rings (SSSR count). The largest absolute Gasteiger partial charge is 0.345 e. The zero-order valence-electron chi connectivity index (χ0n) is 12.9. The molecule has 5 nitrogen and oxygen atoms in total. The lowest BCUT2D eigenvalue weighted by atomic mass is 9.84. The molecule has 1 aromatic heterocycles. The second-order valence-electron chi connectivity index (χ2n) is 6.37. The molecule has 2 aliphatic rings. The Morgan fingerprint density at radius 1 is 1.14 bits per heavy atom. The van der Waals surface area contributed by atoms with Gasteiger partial charge in [-0.1, -0.05) is 31.6 Å². The van der Waals surface area contributed by atoms with Crippen LogP contribution in [0.15, 0.2) is 0 Å². The number of hydrogen-bond donors (Lipinski definition) is 0. The first-order valence-electron chi connectivity index (χ1n) is 8.02. The molecule has 1 amide bonds. The number of carbonyl (C=O) groups is 1. The smallest absolute Gasteiger partial charge is 0.225 e. The number of rotatable bonds is 3. The Kier molecular flexibility index (Phi) is 4.42. The molecule has 6 heteroatoms. The molecule has 0 radical (unpaired) electrons. The van der Waals surface area contributed by atoms with Crippen LogP contribution in [0.25, 0.3) is 0 Å². The highest BCUT2D eigenvalue weighted by Gasteiger charge is 2.30. The summed E-state index contributed by atoms with van der Waals surface area (Å²) >= 11 is 1.69. The predicted molar refractivity (Wildman–Crippen MR) is 84.7 cm³/mol. The maximum atomic E-state index is 12.4. The Hall–Kier alpha value is -1.17. The molecule has 1 aromatic rings. The first-order valence-corrected chi connectivity index (χ1v) is 8.84. The molecule has 21 heavy (non-hydrogen) atoms. The average Bonchev–Trinajstić information content (AvgIpc) is 2.75. The van der Waals surface area contributed by atoms with Crippen LogP contribution in [0.4, 0.5) is 5.13 Å². The summed E-state index contributed by atoms with van der Waals surface area (Å²) in [7, 11) is 0. The van der Waals surface area contributed by atoms with Crippen LogP contribution in [-0.4, -0.2) is 47.2 Å². The summed E-state index contributed by atoms with van der Waals surface area (Å²) in [6.45, 7) is 7.86. The van der Waals surface area contributed by atoms with Gasteiger partial charge in [-0.25, -0.2) is 0 Å². The van der Waals surface area contributed by atoms with E-state index in [0.717, 1.165) is 55.6 Å². The number of hydrogen-bond acceptors (Lipinski definition) is 5. The van der Waals surface area contributed by atoms with Crippen LogP contribution in [0, 0.1) is 5.92 Å². The molecular weight excluding hydrogens is 284 g/mol. The van der Waals surface area contributed by atoms with E-state index >= 15 is 0 Å². The van der Waals surface area contributed by atoms with Crippen LogP contribution in [0.1, 0.15) is 50.5 Å². The van der Waals surface area contributed by atoms with Gasteiger partial charge in [-0.3, -0.25) is 4.79 Å². The predicted octanol–water partition coefficient (Wildman–Crippen LogP) is 2.50. The summed E-state index contributed by atoms with van der Waals surface area (Å²) in [6, 6.07) is 0. The second-order valence-corrected chi connectivity index (χ2v) is 7.36. The van der Waals surface area contributed by atoms with Gasteiger partial charge in [0.25, 0.3) is 0 Å². The van der Waals surface area contributed by atoms with E-state index in [0.29, 0.717) is 17.7 Å². The minimum absolute atomic E-state index is 0.311. The Morgan fingerprint density at radius 3 is 2.57 bits per heavy atom. The van der Waals surface area contributed by atoms with Crippen LogP contribution >= 0.6 is 11.3 Å². The third-order valence-electron chi connectivity index (χ3n) is 4.46. The van der Waals surface area contributed by atoms with Crippen molar-refractivity contribution < 1.29 is 4.79 Å². The van der Waals surface area contributed by atoms with Gasteiger partial charge in [0, 0.05) is 38.0 Å². The first kappa shape index (κ1) is 14.8. The van der Waals surface area contributed by atoms with Crippen molar-refractivity contribution in [3.05, 3.63) is 5.01 Å². The van der Waals surface area contributed by atoms with Crippen molar-refractivity contribution in [2.24, 2.45) is 5.92 Å². The van der Waals surface area contributed by atoms with Crippen LogP contribution in [-0.2, 0) is 4.79 Å². The van der Waals surface area contributed by atoms with Crippen molar-refractivity contribution in [1.29, 1.82) is 0 Å². The Morgan fingerprint density at radius 2 is 1.95 bits per heavy atom. The van der Waals surface area contributed by atoms with E-state index in [1.807, 2.05) is 0 Å². The van der Waals surface area contributed by atoms with Gasteiger partial charge >= 0.3 is 0 Å². The number of nitrogens with zero attached hydrogens (tertiary/aromatic N) is 4. The first-order chi connectivity index (χ1) is 10.1. The standard InChI is InChI=1S/C15H24N4OS/c1-11(2)13-16-17-15(21-13)19-8-4-7-18(9-10-19)14(20)12-5-3-6-12/h11-12H,3-10H2,1-2H3. The van der Waals surface area contributed by atoms with Crippen molar-refractivity contribution in [2.75, 3.05) is 31.1 Å². The maximum absolute atomic E-state index is 12.4. The Bertz CT molecular complexity index is 498. The highest BCUT2D eigenvalue weighted by molar-refractivity contribution is 7.15. The van der Waals surface area contributed by atoms with Crippen LogP contribution in [0.5, 0.6) is 0 Å². The fourth-order valence-electron chi connectivity index (χ4n) is 2.83. The van der Waals surface area contributed by atoms with Crippen LogP contribution in [0.2, 0.25) is 0 Å². The molecule has 1 aliphatic heterocycles. The van der Waals surface area contributed by atoms with Gasteiger partial charge in [0.05, 0.1) is 0 Å². The zero-order chi connectivity index (χ0) is 14.8. The van der Waals surface area contributed by atoms with E-state index in [2.05, 4.69) is 33.8 Å².